The molecule has 1 aliphatic rings. The van der Waals surface area contributed by atoms with Gasteiger partial charge in [0.05, 0.1) is 12.3 Å². The van der Waals surface area contributed by atoms with Crippen LogP contribution in [0.2, 0.25) is 0 Å². The maximum Gasteiger partial charge on any atom is 0.259 e. The average molecular weight is 398 g/mol. The van der Waals surface area contributed by atoms with Crippen LogP contribution in [0.5, 0.6) is 0 Å². The first-order valence-electron chi connectivity index (χ1n) is 9.94. The number of thiazole rings is 1. The molecule has 1 aromatic carbocycles. The molecule has 3 aromatic rings. The van der Waals surface area contributed by atoms with Gasteiger partial charge < -0.3 is 4.74 Å². The minimum Gasteiger partial charge on any atom is -0.383 e. The van der Waals surface area contributed by atoms with Crippen LogP contribution in [0.4, 0.5) is 0 Å². The van der Waals surface area contributed by atoms with Gasteiger partial charge in [0.25, 0.3) is 5.56 Å². The number of methoxy groups -OCH3 is 1. The Morgan fingerprint density at radius 2 is 1.96 bits per heavy atom. The summed E-state index contributed by atoms with van der Waals surface area (Å²) < 4.78 is 7.13. The topological polar surface area (TPSA) is 46.8 Å². The van der Waals surface area contributed by atoms with Crippen LogP contribution in [0.25, 0.3) is 4.96 Å². The largest absolute Gasteiger partial charge is 0.383 e. The van der Waals surface area contributed by atoms with Gasteiger partial charge in [0.2, 0.25) is 0 Å². The summed E-state index contributed by atoms with van der Waals surface area (Å²) in [5.74, 6) is 0. The van der Waals surface area contributed by atoms with E-state index in [1.165, 1.54) is 28.1 Å². The molecule has 0 atom stereocenters. The van der Waals surface area contributed by atoms with Crippen molar-refractivity contribution in [1.29, 1.82) is 0 Å². The second kappa shape index (κ2) is 8.55. The highest BCUT2D eigenvalue weighted by molar-refractivity contribution is 7.17. The molecule has 0 saturated carbocycles. The summed E-state index contributed by atoms with van der Waals surface area (Å²) >= 11 is 1.69. The molecular formula is C22H27N3O2S. The van der Waals surface area contributed by atoms with Crippen LogP contribution in [0, 0.1) is 6.92 Å². The van der Waals surface area contributed by atoms with E-state index >= 15 is 0 Å². The van der Waals surface area contributed by atoms with Crippen molar-refractivity contribution in [2.45, 2.75) is 45.7 Å². The number of rotatable bonds is 7. The van der Waals surface area contributed by atoms with Gasteiger partial charge in [-0.25, -0.2) is 4.98 Å². The number of aromatic nitrogens is 2. The van der Waals surface area contributed by atoms with Gasteiger partial charge in [0, 0.05) is 43.4 Å². The summed E-state index contributed by atoms with van der Waals surface area (Å²) in [7, 11) is 1.72. The number of aryl methyl sites for hydroxylation is 3. The Kier molecular flexibility index (Phi) is 5.90. The zero-order valence-electron chi connectivity index (χ0n) is 16.6. The zero-order chi connectivity index (χ0) is 19.5. The normalized spacial score (nSPS) is 14.0. The van der Waals surface area contributed by atoms with E-state index in [4.69, 9.17) is 9.72 Å². The molecule has 5 nitrogen and oxygen atoms in total. The Morgan fingerprint density at radius 3 is 2.75 bits per heavy atom. The van der Waals surface area contributed by atoms with E-state index in [0.29, 0.717) is 13.2 Å². The van der Waals surface area contributed by atoms with Crippen molar-refractivity contribution in [3.63, 3.8) is 0 Å². The first-order valence-corrected chi connectivity index (χ1v) is 10.8. The monoisotopic (exact) mass is 397 g/mol. The standard InChI is InChI=1S/C22H27N3O2S/c1-16-7-9-17(10-8-16)14-24(11-12-27-2)15-18-13-21(26)25-19-5-3-4-6-20(19)28-22(25)23-18/h7-10,13H,3-6,11-12,14-15H2,1-2H3. The molecular weight excluding hydrogens is 370 g/mol. The Bertz CT molecular complexity index is 1010. The highest BCUT2D eigenvalue weighted by Gasteiger charge is 2.19. The second-order valence-corrected chi connectivity index (χ2v) is 8.63. The third-order valence-corrected chi connectivity index (χ3v) is 6.48. The predicted molar refractivity (Wildman–Crippen MR) is 113 cm³/mol. The van der Waals surface area contributed by atoms with Gasteiger partial charge in [-0.2, -0.15) is 0 Å². The van der Waals surface area contributed by atoms with Crippen LogP contribution in [0.1, 0.15) is 40.2 Å². The fourth-order valence-corrected chi connectivity index (χ4v) is 5.07. The number of hydrogen-bond donors (Lipinski definition) is 0. The van der Waals surface area contributed by atoms with Crippen molar-refractivity contribution < 1.29 is 4.74 Å². The minimum atomic E-state index is 0.0569. The Hall–Kier alpha value is -2.02. The molecule has 0 N–H and O–H groups in total. The molecule has 2 aromatic heterocycles. The smallest absolute Gasteiger partial charge is 0.259 e. The van der Waals surface area contributed by atoms with Crippen molar-refractivity contribution in [1.82, 2.24) is 14.3 Å². The number of ether oxygens (including phenoxy) is 1. The highest BCUT2D eigenvalue weighted by Crippen LogP contribution is 2.28. The second-order valence-electron chi connectivity index (χ2n) is 7.57. The molecule has 0 radical (unpaired) electrons. The lowest BCUT2D eigenvalue weighted by Gasteiger charge is -2.21. The maximum absolute atomic E-state index is 12.8. The number of fused-ring (bicyclic) bond motifs is 3. The first-order chi connectivity index (χ1) is 13.6. The Labute approximate surface area is 169 Å². The van der Waals surface area contributed by atoms with Crippen LogP contribution in [-0.4, -0.2) is 34.5 Å². The molecule has 0 saturated heterocycles. The highest BCUT2D eigenvalue weighted by atomic mass is 32.1. The van der Waals surface area contributed by atoms with E-state index in [1.54, 1.807) is 24.5 Å². The zero-order valence-corrected chi connectivity index (χ0v) is 17.4. The fourth-order valence-electron chi connectivity index (χ4n) is 3.84. The van der Waals surface area contributed by atoms with E-state index in [9.17, 15) is 4.79 Å². The summed E-state index contributed by atoms with van der Waals surface area (Å²) in [4.78, 5) is 22.1. The van der Waals surface area contributed by atoms with Crippen LogP contribution in [0.15, 0.2) is 35.1 Å². The van der Waals surface area contributed by atoms with Gasteiger partial charge in [-0.3, -0.25) is 14.1 Å². The Morgan fingerprint density at radius 1 is 1.18 bits per heavy atom. The average Bonchev–Trinajstić information content (AvgIpc) is 3.06. The van der Waals surface area contributed by atoms with E-state index in [-0.39, 0.29) is 5.56 Å². The van der Waals surface area contributed by atoms with Crippen molar-refractivity contribution in [2.75, 3.05) is 20.3 Å². The first kappa shape index (κ1) is 19.3. The summed E-state index contributed by atoms with van der Waals surface area (Å²) in [5.41, 5.74) is 4.60. The third-order valence-electron chi connectivity index (χ3n) is 5.34. The van der Waals surface area contributed by atoms with Crippen molar-refractivity contribution in [3.8, 4) is 0 Å². The molecule has 0 fully saturated rings. The molecule has 0 amide bonds. The van der Waals surface area contributed by atoms with E-state index in [1.807, 2.05) is 4.40 Å². The van der Waals surface area contributed by atoms with Crippen LogP contribution < -0.4 is 5.56 Å². The quantitative estimate of drug-likeness (QED) is 0.611. The maximum atomic E-state index is 12.8. The van der Waals surface area contributed by atoms with Crippen molar-refractivity contribution in [3.05, 3.63) is 68.1 Å². The van der Waals surface area contributed by atoms with E-state index < -0.39 is 0 Å². The fraction of sp³-hybridized carbons (Fsp3) is 0.455. The molecule has 28 heavy (non-hydrogen) atoms. The predicted octanol–water partition coefficient (Wildman–Crippen LogP) is 3.59. The molecule has 0 spiro atoms. The Balaban J connectivity index is 1.59. The lowest BCUT2D eigenvalue weighted by Crippen LogP contribution is -2.28. The van der Waals surface area contributed by atoms with Crippen LogP contribution in [-0.2, 0) is 30.7 Å². The molecule has 6 heteroatoms. The van der Waals surface area contributed by atoms with Gasteiger partial charge in [-0.15, -0.1) is 11.3 Å². The molecule has 0 aliphatic heterocycles. The van der Waals surface area contributed by atoms with Gasteiger partial charge in [-0.1, -0.05) is 29.8 Å². The molecule has 148 valence electrons. The van der Waals surface area contributed by atoms with Gasteiger partial charge in [0.15, 0.2) is 4.96 Å². The molecule has 0 bridgehead atoms. The van der Waals surface area contributed by atoms with E-state index in [2.05, 4.69) is 36.1 Å². The number of nitrogens with zero attached hydrogens (tertiary/aromatic N) is 3. The number of hydrogen-bond acceptors (Lipinski definition) is 5. The number of benzene rings is 1. The molecule has 2 heterocycles. The van der Waals surface area contributed by atoms with Gasteiger partial charge >= 0.3 is 0 Å². The minimum absolute atomic E-state index is 0.0569. The summed E-state index contributed by atoms with van der Waals surface area (Å²) in [6.45, 7) is 5.00. The molecule has 0 unspecified atom stereocenters. The van der Waals surface area contributed by atoms with Gasteiger partial charge in [0.1, 0.15) is 0 Å². The SMILES string of the molecule is COCCN(Cc1ccc(C)cc1)Cc1cc(=O)n2c3c(sc2n1)CCCC3. The summed E-state index contributed by atoms with van der Waals surface area (Å²) in [6.07, 6.45) is 4.44. The lowest BCUT2D eigenvalue weighted by molar-refractivity contribution is 0.139. The van der Waals surface area contributed by atoms with E-state index in [0.717, 1.165) is 43.0 Å². The summed E-state index contributed by atoms with van der Waals surface area (Å²) in [5, 5.41) is 0. The van der Waals surface area contributed by atoms with Crippen LogP contribution >= 0.6 is 11.3 Å². The van der Waals surface area contributed by atoms with Crippen LogP contribution in [0.3, 0.4) is 0 Å². The lowest BCUT2D eigenvalue weighted by atomic mass is 10.0. The van der Waals surface area contributed by atoms with Crippen molar-refractivity contribution in [2.24, 2.45) is 0 Å². The third kappa shape index (κ3) is 4.19. The van der Waals surface area contributed by atoms with Crippen molar-refractivity contribution >= 4 is 16.3 Å². The summed E-state index contributed by atoms with van der Waals surface area (Å²) in [6, 6.07) is 10.3. The van der Waals surface area contributed by atoms with Gasteiger partial charge in [-0.05, 0) is 38.2 Å². The molecule has 4 rings (SSSR count). The molecule has 1 aliphatic carbocycles.